The zero-order chi connectivity index (χ0) is 19.6. The second-order valence-corrected chi connectivity index (χ2v) is 7.11. The second kappa shape index (κ2) is 7.20. The van der Waals surface area contributed by atoms with Gasteiger partial charge in [-0.15, -0.1) is 0 Å². The summed E-state index contributed by atoms with van der Waals surface area (Å²) >= 11 is 0. The highest BCUT2D eigenvalue weighted by Crippen LogP contribution is 2.31. The van der Waals surface area contributed by atoms with Crippen LogP contribution in [0.1, 0.15) is 10.4 Å². The molecule has 0 aliphatic heterocycles. The summed E-state index contributed by atoms with van der Waals surface area (Å²) in [6.45, 7) is 0. The molecule has 0 radical (unpaired) electrons. The maximum absolute atomic E-state index is 14.2. The van der Waals surface area contributed by atoms with Gasteiger partial charge in [0, 0.05) is 11.6 Å². The van der Waals surface area contributed by atoms with Crippen LogP contribution in [0.5, 0.6) is 5.75 Å². The van der Waals surface area contributed by atoms with Crippen molar-refractivity contribution in [3.8, 4) is 5.75 Å². The number of sulfonamides is 1. The van der Waals surface area contributed by atoms with E-state index in [-0.39, 0.29) is 11.3 Å². The minimum Gasteiger partial charge on any atom is -0.494 e. The Morgan fingerprint density at radius 1 is 1.15 bits per heavy atom. The first-order valence-corrected chi connectivity index (χ1v) is 9.18. The lowest BCUT2D eigenvalue weighted by atomic mass is 10.2. The number of halogens is 1. The van der Waals surface area contributed by atoms with Crippen molar-refractivity contribution < 1.29 is 27.1 Å². The van der Waals surface area contributed by atoms with E-state index < -0.39 is 26.7 Å². The van der Waals surface area contributed by atoms with Crippen LogP contribution in [0.3, 0.4) is 0 Å². The van der Waals surface area contributed by atoms with Gasteiger partial charge in [-0.1, -0.05) is 0 Å². The van der Waals surface area contributed by atoms with E-state index in [9.17, 15) is 17.6 Å². The molecule has 0 amide bonds. The first-order chi connectivity index (χ1) is 12.9. The molecule has 0 fully saturated rings. The number of aromatic nitrogens is 1. The van der Waals surface area contributed by atoms with E-state index in [1.165, 1.54) is 13.2 Å². The highest BCUT2D eigenvalue weighted by atomic mass is 32.2. The van der Waals surface area contributed by atoms with Crippen molar-refractivity contribution >= 4 is 32.6 Å². The van der Waals surface area contributed by atoms with Crippen molar-refractivity contribution in [3.63, 3.8) is 0 Å². The molecule has 0 saturated heterocycles. The Balaban J connectivity index is 2.08. The van der Waals surface area contributed by atoms with E-state index in [4.69, 9.17) is 4.74 Å². The summed E-state index contributed by atoms with van der Waals surface area (Å²) in [6.07, 6.45) is 1.54. The molecule has 1 heterocycles. The Morgan fingerprint density at radius 2 is 1.93 bits per heavy atom. The molecule has 0 spiro atoms. The van der Waals surface area contributed by atoms with Gasteiger partial charge in [-0.2, -0.15) is 0 Å². The number of hydrogen-bond donors (Lipinski definition) is 1. The van der Waals surface area contributed by atoms with E-state index in [0.29, 0.717) is 16.7 Å². The van der Waals surface area contributed by atoms with Crippen molar-refractivity contribution in [1.82, 2.24) is 4.98 Å². The molecule has 1 N–H and O–H groups in total. The lowest BCUT2D eigenvalue weighted by molar-refractivity contribution is 0.0600. The van der Waals surface area contributed by atoms with Gasteiger partial charge in [-0.05, 0) is 42.5 Å². The normalized spacial score (nSPS) is 11.2. The Labute approximate surface area is 154 Å². The van der Waals surface area contributed by atoms with Crippen LogP contribution < -0.4 is 9.46 Å². The fourth-order valence-electron chi connectivity index (χ4n) is 2.55. The number of fused-ring (bicyclic) bond motifs is 1. The number of nitrogens with zero attached hydrogens (tertiary/aromatic N) is 1. The predicted molar refractivity (Wildman–Crippen MR) is 96.8 cm³/mol. The summed E-state index contributed by atoms with van der Waals surface area (Å²) in [4.78, 5) is 15.1. The van der Waals surface area contributed by atoms with Gasteiger partial charge in [0.25, 0.3) is 10.0 Å². The van der Waals surface area contributed by atoms with Crippen molar-refractivity contribution in [2.24, 2.45) is 0 Å². The number of esters is 1. The van der Waals surface area contributed by atoms with Gasteiger partial charge in [0.2, 0.25) is 0 Å². The molecular weight excluding hydrogens is 375 g/mol. The van der Waals surface area contributed by atoms with E-state index in [0.717, 1.165) is 25.3 Å². The summed E-state index contributed by atoms with van der Waals surface area (Å²) < 4.78 is 51.7. The number of nitrogens with one attached hydrogen (secondary N) is 1. The standard InChI is InChI=1S/C18H15FN2O5S/c1-25-15-8-7-14(12-4-3-9-20-17(12)15)21-27(23,24)16-10-11(18(22)26-2)5-6-13(16)19/h3-10,21H,1-2H3. The van der Waals surface area contributed by atoms with Gasteiger partial charge in [0.05, 0.1) is 25.5 Å². The summed E-state index contributed by atoms with van der Waals surface area (Å²) in [5.74, 6) is -1.30. The van der Waals surface area contributed by atoms with Crippen molar-refractivity contribution in [1.29, 1.82) is 0 Å². The van der Waals surface area contributed by atoms with Crippen molar-refractivity contribution in [2.75, 3.05) is 18.9 Å². The second-order valence-electron chi connectivity index (χ2n) is 5.46. The quantitative estimate of drug-likeness (QED) is 0.673. The zero-order valence-corrected chi connectivity index (χ0v) is 15.2. The highest BCUT2D eigenvalue weighted by Gasteiger charge is 2.23. The van der Waals surface area contributed by atoms with Crippen LogP contribution in [0.4, 0.5) is 10.1 Å². The predicted octanol–water partition coefficient (Wildman–Crippen LogP) is 2.97. The number of rotatable bonds is 5. The molecule has 140 valence electrons. The van der Waals surface area contributed by atoms with E-state index in [1.807, 2.05) is 0 Å². The zero-order valence-electron chi connectivity index (χ0n) is 14.4. The first kappa shape index (κ1) is 18.6. The fraction of sp³-hybridized carbons (Fsp3) is 0.111. The minimum absolute atomic E-state index is 0.0828. The fourth-order valence-corrected chi connectivity index (χ4v) is 3.74. The van der Waals surface area contributed by atoms with Crippen molar-refractivity contribution in [3.05, 3.63) is 60.0 Å². The van der Waals surface area contributed by atoms with Crippen LogP contribution in [0.25, 0.3) is 10.9 Å². The van der Waals surface area contributed by atoms with Gasteiger partial charge in [0.1, 0.15) is 22.0 Å². The van der Waals surface area contributed by atoms with Gasteiger partial charge in [-0.25, -0.2) is 17.6 Å². The monoisotopic (exact) mass is 390 g/mol. The molecule has 3 aromatic rings. The lowest BCUT2D eigenvalue weighted by Gasteiger charge is -2.13. The largest absolute Gasteiger partial charge is 0.494 e. The number of benzene rings is 2. The number of hydrogen-bond acceptors (Lipinski definition) is 6. The molecule has 0 aliphatic rings. The number of carbonyl (C=O) groups is 1. The smallest absolute Gasteiger partial charge is 0.337 e. The average Bonchev–Trinajstić information content (AvgIpc) is 2.67. The van der Waals surface area contributed by atoms with E-state index in [2.05, 4.69) is 14.4 Å². The average molecular weight is 390 g/mol. The molecule has 7 nitrogen and oxygen atoms in total. The van der Waals surface area contributed by atoms with Crippen LogP contribution >= 0.6 is 0 Å². The third-order valence-electron chi connectivity index (χ3n) is 3.84. The van der Waals surface area contributed by atoms with Crippen LogP contribution in [-0.4, -0.2) is 33.6 Å². The van der Waals surface area contributed by atoms with Gasteiger partial charge >= 0.3 is 5.97 Å². The Morgan fingerprint density at radius 3 is 2.63 bits per heavy atom. The SMILES string of the molecule is COC(=O)c1ccc(F)c(S(=O)(=O)Nc2ccc(OC)c3ncccc23)c1. The van der Waals surface area contributed by atoms with Gasteiger partial charge in [0.15, 0.2) is 0 Å². The van der Waals surface area contributed by atoms with Crippen molar-refractivity contribution in [2.45, 2.75) is 4.90 Å². The van der Waals surface area contributed by atoms with Crippen LogP contribution in [0.2, 0.25) is 0 Å². The molecule has 0 saturated carbocycles. The Bertz CT molecular complexity index is 1130. The molecule has 9 heteroatoms. The molecule has 27 heavy (non-hydrogen) atoms. The Hall–Kier alpha value is -3.20. The molecule has 0 aliphatic carbocycles. The maximum atomic E-state index is 14.2. The summed E-state index contributed by atoms with van der Waals surface area (Å²) in [5.41, 5.74) is 0.561. The first-order valence-electron chi connectivity index (χ1n) is 7.70. The molecular formula is C18H15FN2O5S. The maximum Gasteiger partial charge on any atom is 0.337 e. The third kappa shape index (κ3) is 3.54. The summed E-state index contributed by atoms with van der Waals surface area (Å²) in [5, 5.41) is 0.477. The van der Waals surface area contributed by atoms with E-state index in [1.54, 1.807) is 24.4 Å². The molecule has 0 unspecified atom stereocenters. The third-order valence-corrected chi connectivity index (χ3v) is 5.22. The molecule has 0 atom stereocenters. The number of ether oxygens (including phenoxy) is 2. The lowest BCUT2D eigenvalue weighted by Crippen LogP contribution is -2.16. The molecule has 3 rings (SSSR count). The van der Waals surface area contributed by atoms with Crippen LogP contribution in [-0.2, 0) is 14.8 Å². The molecule has 0 bridgehead atoms. The summed E-state index contributed by atoms with van der Waals surface area (Å²) in [7, 11) is -1.70. The van der Waals surface area contributed by atoms with Crippen LogP contribution in [0.15, 0.2) is 53.6 Å². The van der Waals surface area contributed by atoms with Crippen LogP contribution in [0, 0.1) is 5.82 Å². The minimum atomic E-state index is -4.32. The Kier molecular flexibility index (Phi) is 4.95. The summed E-state index contributed by atoms with van der Waals surface area (Å²) in [6, 6.07) is 9.30. The molecule has 2 aromatic carbocycles. The topological polar surface area (TPSA) is 94.6 Å². The number of methoxy groups -OCH3 is 2. The number of carbonyl (C=O) groups excluding carboxylic acids is 1. The highest BCUT2D eigenvalue weighted by molar-refractivity contribution is 7.92. The van der Waals surface area contributed by atoms with E-state index >= 15 is 0 Å². The van der Waals surface area contributed by atoms with Gasteiger partial charge in [-0.3, -0.25) is 9.71 Å². The number of anilines is 1. The number of pyridine rings is 1. The van der Waals surface area contributed by atoms with Gasteiger partial charge < -0.3 is 9.47 Å². The molecule has 1 aromatic heterocycles.